The highest BCUT2D eigenvalue weighted by atomic mass is 16.1. The van der Waals surface area contributed by atoms with Gasteiger partial charge in [0, 0.05) is 13.0 Å². The summed E-state index contributed by atoms with van der Waals surface area (Å²) in [5.41, 5.74) is 5.32. The van der Waals surface area contributed by atoms with Gasteiger partial charge in [-0.05, 0) is 25.8 Å². The standard InChI is InChI=1S/C12H24N2O2/c1-4-6-10(7-8-15)9-14(3)11(5-2)12(13)16/h8,10-11H,4-7,9H2,1-3H3,(H2,13,16). The number of hydrogen-bond acceptors (Lipinski definition) is 3. The Morgan fingerprint density at radius 3 is 2.44 bits per heavy atom. The van der Waals surface area contributed by atoms with Crippen molar-refractivity contribution in [3.8, 4) is 0 Å². The lowest BCUT2D eigenvalue weighted by Gasteiger charge is -2.28. The predicted molar refractivity (Wildman–Crippen MR) is 65.0 cm³/mol. The molecule has 2 atom stereocenters. The second-order valence-corrected chi connectivity index (χ2v) is 4.32. The molecule has 0 aliphatic heterocycles. The van der Waals surface area contributed by atoms with E-state index in [1.165, 1.54) is 0 Å². The van der Waals surface area contributed by atoms with Crippen molar-refractivity contribution in [1.29, 1.82) is 0 Å². The Balaban J connectivity index is 4.29. The van der Waals surface area contributed by atoms with Crippen LogP contribution in [0.5, 0.6) is 0 Å². The van der Waals surface area contributed by atoms with Crippen molar-refractivity contribution in [2.75, 3.05) is 13.6 Å². The molecule has 4 nitrogen and oxygen atoms in total. The van der Waals surface area contributed by atoms with Gasteiger partial charge in [0.2, 0.25) is 5.91 Å². The molecule has 4 heteroatoms. The van der Waals surface area contributed by atoms with E-state index < -0.39 is 0 Å². The van der Waals surface area contributed by atoms with Gasteiger partial charge in [0.05, 0.1) is 6.04 Å². The minimum Gasteiger partial charge on any atom is -0.368 e. The molecular weight excluding hydrogens is 204 g/mol. The van der Waals surface area contributed by atoms with Crippen LogP contribution in [0.2, 0.25) is 0 Å². The van der Waals surface area contributed by atoms with E-state index in [0.29, 0.717) is 18.8 Å². The number of likely N-dealkylation sites (N-methyl/N-ethyl adjacent to an activating group) is 1. The molecule has 0 rings (SSSR count). The highest BCUT2D eigenvalue weighted by Crippen LogP contribution is 2.13. The molecule has 0 aliphatic rings. The first-order valence-corrected chi connectivity index (χ1v) is 5.99. The normalized spacial score (nSPS) is 14.8. The van der Waals surface area contributed by atoms with Crippen LogP contribution in [0.25, 0.3) is 0 Å². The van der Waals surface area contributed by atoms with Crippen molar-refractivity contribution in [3.63, 3.8) is 0 Å². The van der Waals surface area contributed by atoms with Gasteiger partial charge in [0.1, 0.15) is 6.29 Å². The van der Waals surface area contributed by atoms with Crippen molar-refractivity contribution in [1.82, 2.24) is 4.90 Å². The third-order valence-electron chi connectivity index (χ3n) is 2.92. The first-order chi connectivity index (χ1) is 7.56. The number of rotatable bonds is 9. The summed E-state index contributed by atoms with van der Waals surface area (Å²) < 4.78 is 0. The second-order valence-electron chi connectivity index (χ2n) is 4.32. The van der Waals surface area contributed by atoms with Crippen LogP contribution in [-0.2, 0) is 9.59 Å². The Morgan fingerprint density at radius 2 is 2.06 bits per heavy atom. The molecule has 0 aromatic heterocycles. The van der Waals surface area contributed by atoms with Crippen LogP contribution in [0.15, 0.2) is 0 Å². The van der Waals surface area contributed by atoms with E-state index in [1.54, 1.807) is 0 Å². The number of nitrogens with zero attached hydrogens (tertiary/aromatic N) is 1. The van der Waals surface area contributed by atoms with Crippen molar-refractivity contribution in [3.05, 3.63) is 0 Å². The number of amides is 1. The van der Waals surface area contributed by atoms with Gasteiger partial charge >= 0.3 is 0 Å². The second kappa shape index (κ2) is 8.28. The summed E-state index contributed by atoms with van der Waals surface area (Å²) >= 11 is 0. The summed E-state index contributed by atoms with van der Waals surface area (Å²) in [7, 11) is 1.90. The van der Waals surface area contributed by atoms with Crippen molar-refractivity contribution in [2.24, 2.45) is 11.7 Å². The number of carbonyl (C=O) groups excluding carboxylic acids is 2. The number of carbonyl (C=O) groups is 2. The Kier molecular flexibility index (Phi) is 7.81. The molecule has 0 spiro atoms. The van der Waals surface area contributed by atoms with E-state index >= 15 is 0 Å². The third kappa shape index (κ3) is 5.26. The minimum atomic E-state index is -0.286. The first kappa shape index (κ1) is 15.1. The lowest BCUT2D eigenvalue weighted by atomic mass is 9.99. The molecule has 94 valence electrons. The van der Waals surface area contributed by atoms with Crippen LogP contribution in [0, 0.1) is 5.92 Å². The van der Waals surface area contributed by atoms with Crippen LogP contribution in [0.4, 0.5) is 0 Å². The Morgan fingerprint density at radius 1 is 1.44 bits per heavy atom. The van der Waals surface area contributed by atoms with Crippen molar-refractivity contribution < 1.29 is 9.59 Å². The number of primary amides is 1. The fourth-order valence-electron chi connectivity index (χ4n) is 2.09. The summed E-state index contributed by atoms with van der Waals surface area (Å²) in [6.07, 6.45) is 4.30. The van der Waals surface area contributed by atoms with Crippen molar-refractivity contribution >= 4 is 12.2 Å². The van der Waals surface area contributed by atoms with Crippen LogP contribution >= 0.6 is 0 Å². The van der Waals surface area contributed by atoms with Crippen molar-refractivity contribution in [2.45, 2.75) is 45.6 Å². The van der Waals surface area contributed by atoms with Crippen LogP contribution in [0.1, 0.15) is 39.5 Å². The molecule has 0 saturated carbocycles. The highest BCUT2D eigenvalue weighted by molar-refractivity contribution is 5.79. The maximum absolute atomic E-state index is 11.2. The number of hydrogen-bond donors (Lipinski definition) is 1. The molecular formula is C12H24N2O2. The van der Waals surface area contributed by atoms with E-state index in [2.05, 4.69) is 6.92 Å². The number of nitrogens with two attached hydrogens (primary N) is 1. The van der Waals surface area contributed by atoms with Gasteiger partial charge in [-0.1, -0.05) is 20.3 Å². The zero-order valence-electron chi connectivity index (χ0n) is 10.6. The largest absolute Gasteiger partial charge is 0.368 e. The molecule has 1 amide bonds. The Labute approximate surface area is 98.2 Å². The molecule has 2 N–H and O–H groups in total. The maximum atomic E-state index is 11.2. The molecule has 0 aromatic rings. The molecule has 2 unspecified atom stereocenters. The summed E-state index contributed by atoms with van der Waals surface area (Å²) in [4.78, 5) is 23.7. The SMILES string of the molecule is CCCC(CC=O)CN(C)C(CC)C(N)=O. The summed E-state index contributed by atoms with van der Waals surface area (Å²) in [5.74, 6) is 0.0484. The first-order valence-electron chi connectivity index (χ1n) is 5.99. The summed E-state index contributed by atoms with van der Waals surface area (Å²) in [6.45, 7) is 4.80. The maximum Gasteiger partial charge on any atom is 0.234 e. The van der Waals surface area contributed by atoms with E-state index in [0.717, 1.165) is 25.7 Å². The van der Waals surface area contributed by atoms with E-state index in [-0.39, 0.29) is 11.9 Å². The van der Waals surface area contributed by atoms with E-state index in [9.17, 15) is 9.59 Å². The fraction of sp³-hybridized carbons (Fsp3) is 0.833. The van der Waals surface area contributed by atoms with Crippen LogP contribution in [-0.4, -0.2) is 36.7 Å². The van der Waals surface area contributed by atoms with Gasteiger partial charge in [0.25, 0.3) is 0 Å². The van der Waals surface area contributed by atoms with E-state index in [1.807, 2.05) is 18.9 Å². The lowest BCUT2D eigenvalue weighted by molar-refractivity contribution is -0.123. The molecule has 0 fully saturated rings. The van der Waals surface area contributed by atoms with Crippen LogP contribution < -0.4 is 5.73 Å². The predicted octanol–water partition coefficient (Wildman–Crippen LogP) is 1.19. The lowest BCUT2D eigenvalue weighted by Crippen LogP contribution is -2.44. The Bertz CT molecular complexity index is 219. The fourth-order valence-corrected chi connectivity index (χ4v) is 2.09. The van der Waals surface area contributed by atoms with Gasteiger partial charge < -0.3 is 10.5 Å². The topological polar surface area (TPSA) is 63.4 Å². The highest BCUT2D eigenvalue weighted by Gasteiger charge is 2.21. The summed E-state index contributed by atoms with van der Waals surface area (Å²) in [6, 6.07) is -0.217. The average Bonchev–Trinajstić information content (AvgIpc) is 2.18. The zero-order valence-corrected chi connectivity index (χ0v) is 10.6. The Hall–Kier alpha value is -0.900. The minimum absolute atomic E-state index is 0.217. The quantitative estimate of drug-likeness (QED) is 0.603. The van der Waals surface area contributed by atoms with E-state index in [4.69, 9.17) is 5.73 Å². The number of aldehydes is 1. The zero-order chi connectivity index (χ0) is 12.6. The van der Waals surface area contributed by atoms with Gasteiger partial charge in [-0.2, -0.15) is 0 Å². The monoisotopic (exact) mass is 228 g/mol. The molecule has 0 heterocycles. The average molecular weight is 228 g/mol. The molecule has 0 bridgehead atoms. The van der Waals surface area contributed by atoms with Gasteiger partial charge in [-0.15, -0.1) is 0 Å². The molecule has 0 aromatic carbocycles. The van der Waals surface area contributed by atoms with Gasteiger partial charge in [0.15, 0.2) is 0 Å². The van der Waals surface area contributed by atoms with Gasteiger partial charge in [-0.25, -0.2) is 0 Å². The van der Waals surface area contributed by atoms with Gasteiger partial charge in [-0.3, -0.25) is 9.69 Å². The molecule has 0 radical (unpaired) electrons. The molecule has 0 aliphatic carbocycles. The summed E-state index contributed by atoms with van der Waals surface area (Å²) in [5, 5.41) is 0. The smallest absolute Gasteiger partial charge is 0.234 e. The molecule has 0 saturated heterocycles. The third-order valence-corrected chi connectivity index (χ3v) is 2.92. The van der Waals surface area contributed by atoms with Crippen LogP contribution in [0.3, 0.4) is 0 Å². The molecule has 16 heavy (non-hydrogen) atoms.